The summed E-state index contributed by atoms with van der Waals surface area (Å²) in [5, 5.41) is 9.57. The van der Waals surface area contributed by atoms with E-state index in [4.69, 9.17) is 4.98 Å². The molecular formula is C28H33N5O. The van der Waals surface area contributed by atoms with Crippen molar-refractivity contribution in [3.05, 3.63) is 60.3 Å². The lowest BCUT2D eigenvalue weighted by molar-refractivity contribution is 0.0950. The molecule has 2 aromatic heterocycles. The van der Waals surface area contributed by atoms with Crippen molar-refractivity contribution < 1.29 is 4.79 Å². The Kier molecular flexibility index (Phi) is 6.59. The Morgan fingerprint density at radius 1 is 1.15 bits per heavy atom. The Morgan fingerprint density at radius 3 is 2.88 bits per heavy atom. The smallest absolute Gasteiger partial charge is 0.252 e. The normalized spacial score (nSPS) is 16.8. The van der Waals surface area contributed by atoms with Crippen molar-refractivity contribution in [1.29, 1.82) is 0 Å². The molecule has 3 heterocycles. The zero-order chi connectivity index (χ0) is 23.5. The number of para-hydroxylation sites is 1. The standard InChI is InChI=1S/C28H33N5O/c1-3-33-27-13-12-21(17-22(27)19-30-33)26-18-24(23-10-4-5-11-25(23)31-26)28(34)29-14-8-16-32-15-7-6-9-20(32)2/h4-5,10-13,17-20H,3,6-9,14-16H2,1-2H3,(H,29,34). The summed E-state index contributed by atoms with van der Waals surface area (Å²) in [5.74, 6) is -0.0357. The van der Waals surface area contributed by atoms with E-state index in [1.54, 1.807) is 0 Å². The van der Waals surface area contributed by atoms with Crippen LogP contribution < -0.4 is 5.32 Å². The summed E-state index contributed by atoms with van der Waals surface area (Å²) in [4.78, 5) is 20.7. The number of rotatable bonds is 7. The van der Waals surface area contributed by atoms with E-state index in [0.717, 1.165) is 52.6 Å². The number of fused-ring (bicyclic) bond motifs is 2. The molecule has 1 aliphatic rings. The van der Waals surface area contributed by atoms with E-state index in [9.17, 15) is 4.79 Å². The molecule has 0 bridgehead atoms. The van der Waals surface area contributed by atoms with Crippen LogP contribution in [0, 0.1) is 0 Å². The van der Waals surface area contributed by atoms with Crippen LogP contribution in [-0.2, 0) is 6.54 Å². The number of benzene rings is 2. The monoisotopic (exact) mass is 455 g/mol. The first-order chi connectivity index (χ1) is 16.6. The maximum atomic E-state index is 13.2. The first-order valence-corrected chi connectivity index (χ1v) is 12.5. The van der Waals surface area contributed by atoms with E-state index in [0.29, 0.717) is 18.2 Å². The van der Waals surface area contributed by atoms with E-state index >= 15 is 0 Å². The number of carbonyl (C=O) groups excluding carboxylic acids is 1. The van der Waals surface area contributed by atoms with Gasteiger partial charge in [-0.25, -0.2) is 4.98 Å². The third kappa shape index (κ3) is 4.55. The lowest BCUT2D eigenvalue weighted by Gasteiger charge is -2.33. The van der Waals surface area contributed by atoms with Gasteiger partial charge in [0, 0.05) is 42.0 Å². The minimum atomic E-state index is -0.0357. The van der Waals surface area contributed by atoms with Crippen LogP contribution in [0.3, 0.4) is 0 Å². The summed E-state index contributed by atoms with van der Waals surface area (Å²) in [6.45, 7) is 8.12. The third-order valence-electron chi connectivity index (χ3n) is 7.05. The molecule has 2 aromatic carbocycles. The number of pyridine rings is 1. The fourth-order valence-corrected chi connectivity index (χ4v) is 5.08. The summed E-state index contributed by atoms with van der Waals surface area (Å²) in [7, 11) is 0. The molecule has 1 amide bonds. The number of hydrogen-bond acceptors (Lipinski definition) is 4. The lowest BCUT2D eigenvalue weighted by atomic mass is 10.0. The Hall–Kier alpha value is -3.25. The van der Waals surface area contributed by atoms with E-state index in [-0.39, 0.29) is 5.91 Å². The van der Waals surface area contributed by atoms with Crippen LogP contribution in [0.1, 0.15) is 49.9 Å². The molecule has 1 fully saturated rings. The number of carbonyl (C=O) groups is 1. The number of nitrogens with one attached hydrogen (secondary N) is 1. The van der Waals surface area contributed by atoms with E-state index in [2.05, 4.69) is 47.4 Å². The number of amides is 1. The van der Waals surface area contributed by atoms with Gasteiger partial charge in [-0.1, -0.05) is 30.7 Å². The largest absolute Gasteiger partial charge is 0.352 e. The van der Waals surface area contributed by atoms with Gasteiger partial charge >= 0.3 is 0 Å². The van der Waals surface area contributed by atoms with Crippen LogP contribution in [0.15, 0.2) is 54.7 Å². The lowest BCUT2D eigenvalue weighted by Crippen LogP contribution is -2.39. The van der Waals surface area contributed by atoms with Crippen LogP contribution in [-0.4, -0.2) is 51.2 Å². The van der Waals surface area contributed by atoms with Gasteiger partial charge in [-0.05, 0) is 63.9 Å². The summed E-state index contributed by atoms with van der Waals surface area (Å²) in [5.41, 5.74) is 4.40. The highest BCUT2D eigenvalue weighted by Gasteiger charge is 2.18. The Labute approximate surface area is 201 Å². The molecule has 1 saturated heterocycles. The minimum Gasteiger partial charge on any atom is -0.352 e. The molecule has 0 aliphatic carbocycles. The highest BCUT2D eigenvalue weighted by molar-refractivity contribution is 6.07. The molecule has 176 valence electrons. The van der Waals surface area contributed by atoms with E-state index in [1.807, 2.05) is 41.2 Å². The van der Waals surface area contributed by atoms with Gasteiger partial charge in [0.1, 0.15) is 0 Å². The van der Waals surface area contributed by atoms with Gasteiger partial charge in [0.2, 0.25) is 0 Å². The number of piperidine rings is 1. The van der Waals surface area contributed by atoms with Crippen LogP contribution in [0.5, 0.6) is 0 Å². The SMILES string of the molecule is CCn1ncc2cc(-c3cc(C(=O)NCCCN4CCCCC4C)c4ccccc4n3)ccc21. The zero-order valence-electron chi connectivity index (χ0n) is 20.1. The molecule has 1 unspecified atom stereocenters. The van der Waals surface area contributed by atoms with Crippen molar-refractivity contribution in [2.45, 2.75) is 52.1 Å². The van der Waals surface area contributed by atoms with E-state index < -0.39 is 0 Å². The molecule has 1 aliphatic heterocycles. The van der Waals surface area contributed by atoms with Crippen molar-refractivity contribution in [2.75, 3.05) is 19.6 Å². The average molecular weight is 456 g/mol. The number of aryl methyl sites for hydroxylation is 1. The van der Waals surface area contributed by atoms with Crippen molar-refractivity contribution in [1.82, 2.24) is 25.0 Å². The summed E-state index contributed by atoms with van der Waals surface area (Å²) < 4.78 is 1.98. The molecule has 0 spiro atoms. The van der Waals surface area contributed by atoms with Gasteiger partial charge in [0.25, 0.3) is 5.91 Å². The van der Waals surface area contributed by atoms with E-state index in [1.165, 1.54) is 25.8 Å². The Balaban J connectivity index is 1.37. The fraction of sp³-hybridized carbons (Fsp3) is 0.393. The van der Waals surface area contributed by atoms with Crippen LogP contribution >= 0.6 is 0 Å². The van der Waals surface area contributed by atoms with Gasteiger partial charge in [-0.3, -0.25) is 9.48 Å². The topological polar surface area (TPSA) is 63.1 Å². The molecule has 1 N–H and O–H groups in total. The highest BCUT2D eigenvalue weighted by Crippen LogP contribution is 2.27. The third-order valence-corrected chi connectivity index (χ3v) is 7.05. The summed E-state index contributed by atoms with van der Waals surface area (Å²) in [6.07, 6.45) is 6.75. The maximum Gasteiger partial charge on any atom is 0.252 e. The molecule has 4 aromatic rings. The summed E-state index contributed by atoms with van der Waals surface area (Å²) in [6, 6.07) is 16.7. The molecule has 5 rings (SSSR count). The van der Waals surface area contributed by atoms with Gasteiger partial charge in [-0.2, -0.15) is 5.10 Å². The molecule has 6 nitrogen and oxygen atoms in total. The Bertz CT molecular complexity index is 1310. The second-order valence-corrected chi connectivity index (χ2v) is 9.30. The van der Waals surface area contributed by atoms with Crippen molar-refractivity contribution in [2.24, 2.45) is 0 Å². The summed E-state index contributed by atoms with van der Waals surface area (Å²) >= 11 is 0. The second kappa shape index (κ2) is 9.94. The molecule has 0 radical (unpaired) electrons. The maximum absolute atomic E-state index is 13.2. The molecular weight excluding hydrogens is 422 g/mol. The highest BCUT2D eigenvalue weighted by atomic mass is 16.1. The number of nitrogens with zero attached hydrogens (tertiary/aromatic N) is 4. The second-order valence-electron chi connectivity index (χ2n) is 9.30. The quantitative estimate of drug-likeness (QED) is 0.386. The van der Waals surface area contributed by atoms with Crippen LogP contribution in [0.25, 0.3) is 33.1 Å². The molecule has 6 heteroatoms. The molecule has 0 saturated carbocycles. The predicted octanol–water partition coefficient (Wildman–Crippen LogP) is 5.27. The van der Waals surface area contributed by atoms with Crippen molar-refractivity contribution in [3.63, 3.8) is 0 Å². The predicted molar refractivity (Wildman–Crippen MR) is 138 cm³/mol. The average Bonchev–Trinajstić information content (AvgIpc) is 3.29. The van der Waals surface area contributed by atoms with Crippen LogP contribution in [0.4, 0.5) is 0 Å². The first-order valence-electron chi connectivity index (χ1n) is 12.5. The minimum absolute atomic E-state index is 0.0357. The van der Waals surface area contributed by atoms with Gasteiger partial charge in [0.05, 0.1) is 28.5 Å². The van der Waals surface area contributed by atoms with Crippen molar-refractivity contribution >= 4 is 27.7 Å². The van der Waals surface area contributed by atoms with Gasteiger partial charge < -0.3 is 10.2 Å². The van der Waals surface area contributed by atoms with Gasteiger partial charge in [-0.15, -0.1) is 0 Å². The first kappa shape index (κ1) is 22.5. The van der Waals surface area contributed by atoms with Crippen LogP contribution in [0.2, 0.25) is 0 Å². The molecule has 34 heavy (non-hydrogen) atoms. The van der Waals surface area contributed by atoms with Crippen molar-refractivity contribution in [3.8, 4) is 11.3 Å². The van der Waals surface area contributed by atoms with Gasteiger partial charge in [0.15, 0.2) is 0 Å². The fourth-order valence-electron chi connectivity index (χ4n) is 5.08. The molecule has 1 atom stereocenters. The number of aromatic nitrogens is 3. The number of hydrogen-bond donors (Lipinski definition) is 1. The Morgan fingerprint density at radius 2 is 2.03 bits per heavy atom. The number of likely N-dealkylation sites (tertiary alicyclic amines) is 1. The zero-order valence-corrected chi connectivity index (χ0v) is 20.1.